The van der Waals surface area contributed by atoms with Crippen LogP contribution in [0.3, 0.4) is 0 Å². The average Bonchev–Trinajstić information content (AvgIpc) is 2.34. The fourth-order valence-corrected chi connectivity index (χ4v) is 1.26. The SMILES string of the molecule is CNC(=O)CNc1ccccc1OCC(C)C. The predicted octanol–water partition coefficient (Wildman–Crippen LogP) is 1.88. The lowest BCUT2D eigenvalue weighted by Gasteiger charge is -2.14. The van der Waals surface area contributed by atoms with Gasteiger partial charge in [0.15, 0.2) is 0 Å². The summed E-state index contributed by atoms with van der Waals surface area (Å²) in [5.74, 6) is 1.20. The predicted molar refractivity (Wildman–Crippen MR) is 69.3 cm³/mol. The quantitative estimate of drug-likeness (QED) is 0.793. The zero-order valence-corrected chi connectivity index (χ0v) is 10.6. The van der Waals surface area contributed by atoms with Crippen LogP contribution in [0.15, 0.2) is 24.3 Å². The largest absolute Gasteiger partial charge is 0.491 e. The maximum absolute atomic E-state index is 11.1. The highest BCUT2D eigenvalue weighted by Crippen LogP contribution is 2.23. The highest BCUT2D eigenvalue weighted by atomic mass is 16.5. The smallest absolute Gasteiger partial charge is 0.239 e. The number of anilines is 1. The summed E-state index contributed by atoms with van der Waals surface area (Å²) in [6, 6.07) is 7.63. The lowest BCUT2D eigenvalue weighted by Crippen LogP contribution is -2.26. The molecule has 4 nitrogen and oxygen atoms in total. The Morgan fingerprint density at radius 1 is 1.35 bits per heavy atom. The Balaban J connectivity index is 2.60. The Morgan fingerprint density at radius 2 is 2.06 bits per heavy atom. The third-order valence-electron chi connectivity index (χ3n) is 2.18. The van der Waals surface area contributed by atoms with E-state index in [1.165, 1.54) is 0 Å². The van der Waals surface area contributed by atoms with Crippen LogP contribution in [-0.2, 0) is 4.79 Å². The molecule has 94 valence electrons. The normalized spacial score (nSPS) is 10.1. The summed E-state index contributed by atoms with van der Waals surface area (Å²) in [5, 5.41) is 5.61. The topological polar surface area (TPSA) is 50.4 Å². The minimum absolute atomic E-state index is 0.0522. The molecule has 0 spiro atoms. The molecule has 0 aliphatic carbocycles. The Hall–Kier alpha value is -1.71. The van der Waals surface area contributed by atoms with Gasteiger partial charge in [-0.1, -0.05) is 26.0 Å². The van der Waals surface area contributed by atoms with Crippen LogP contribution in [0.5, 0.6) is 5.75 Å². The van der Waals surface area contributed by atoms with Gasteiger partial charge < -0.3 is 15.4 Å². The van der Waals surface area contributed by atoms with Crippen LogP contribution >= 0.6 is 0 Å². The van der Waals surface area contributed by atoms with E-state index >= 15 is 0 Å². The molecule has 0 unspecified atom stereocenters. The van der Waals surface area contributed by atoms with E-state index in [0.717, 1.165) is 11.4 Å². The van der Waals surface area contributed by atoms with Gasteiger partial charge in [0.1, 0.15) is 5.75 Å². The molecule has 0 fully saturated rings. The molecule has 1 rings (SSSR count). The number of hydrogen-bond acceptors (Lipinski definition) is 3. The van der Waals surface area contributed by atoms with Gasteiger partial charge in [-0.15, -0.1) is 0 Å². The number of likely N-dealkylation sites (N-methyl/N-ethyl adjacent to an activating group) is 1. The van der Waals surface area contributed by atoms with E-state index in [1.807, 2.05) is 24.3 Å². The number of carbonyl (C=O) groups excluding carboxylic acids is 1. The number of ether oxygens (including phenoxy) is 1. The van der Waals surface area contributed by atoms with Gasteiger partial charge in [-0.25, -0.2) is 0 Å². The lowest BCUT2D eigenvalue weighted by atomic mass is 10.2. The molecule has 0 heterocycles. The zero-order valence-electron chi connectivity index (χ0n) is 10.6. The number of rotatable bonds is 6. The molecule has 2 N–H and O–H groups in total. The molecule has 0 aliphatic heterocycles. The van der Waals surface area contributed by atoms with Crippen molar-refractivity contribution in [3.8, 4) is 5.75 Å². The van der Waals surface area contributed by atoms with E-state index in [4.69, 9.17) is 4.74 Å². The van der Waals surface area contributed by atoms with E-state index in [2.05, 4.69) is 24.5 Å². The summed E-state index contributed by atoms with van der Waals surface area (Å²) in [5.41, 5.74) is 0.844. The molecular formula is C13H20N2O2. The first kappa shape index (κ1) is 13.4. The molecule has 1 aromatic carbocycles. The molecule has 1 amide bonds. The van der Waals surface area contributed by atoms with Crippen LogP contribution < -0.4 is 15.4 Å². The van der Waals surface area contributed by atoms with Crippen molar-refractivity contribution < 1.29 is 9.53 Å². The van der Waals surface area contributed by atoms with Crippen LogP contribution in [0.2, 0.25) is 0 Å². The molecule has 0 saturated carbocycles. The molecule has 0 aromatic heterocycles. The Labute approximate surface area is 102 Å². The monoisotopic (exact) mass is 236 g/mol. The third kappa shape index (κ3) is 4.76. The first-order valence-electron chi connectivity index (χ1n) is 5.79. The Bertz CT molecular complexity index is 364. The molecule has 0 atom stereocenters. The van der Waals surface area contributed by atoms with Crippen LogP contribution in [0.1, 0.15) is 13.8 Å². The maximum atomic E-state index is 11.1. The summed E-state index contributed by atoms with van der Waals surface area (Å²) < 4.78 is 5.67. The molecule has 0 saturated heterocycles. The van der Waals surface area contributed by atoms with E-state index in [9.17, 15) is 4.79 Å². The van der Waals surface area contributed by atoms with Gasteiger partial charge in [-0.2, -0.15) is 0 Å². The lowest BCUT2D eigenvalue weighted by molar-refractivity contribution is -0.118. The molecular weight excluding hydrogens is 216 g/mol. The van der Waals surface area contributed by atoms with E-state index < -0.39 is 0 Å². The van der Waals surface area contributed by atoms with Gasteiger partial charge in [0.05, 0.1) is 18.8 Å². The van der Waals surface area contributed by atoms with Crippen molar-refractivity contribution >= 4 is 11.6 Å². The second kappa shape index (κ2) is 6.78. The minimum Gasteiger partial charge on any atom is -0.491 e. The summed E-state index contributed by atoms with van der Waals surface area (Å²) in [6.07, 6.45) is 0. The van der Waals surface area contributed by atoms with Crippen molar-refractivity contribution in [1.29, 1.82) is 0 Å². The number of carbonyl (C=O) groups is 1. The maximum Gasteiger partial charge on any atom is 0.239 e. The molecule has 4 heteroatoms. The van der Waals surface area contributed by atoms with E-state index in [-0.39, 0.29) is 12.5 Å². The van der Waals surface area contributed by atoms with Crippen molar-refractivity contribution in [1.82, 2.24) is 5.32 Å². The first-order valence-corrected chi connectivity index (χ1v) is 5.79. The van der Waals surface area contributed by atoms with Gasteiger partial charge >= 0.3 is 0 Å². The summed E-state index contributed by atoms with van der Waals surface area (Å²) >= 11 is 0. The van der Waals surface area contributed by atoms with Crippen LogP contribution in [0.25, 0.3) is 0 Å². The Kier molecular flexibility index (Phi) is 5.33. The molecule has 0 bridgehead atoms. The number of nitrogens with one attached hydrogen (secondary N) is 2. The van der Waals surface area contributed by atoms with Crippen molar-refractivity contribution in [2.24, 2.45) is 5.92 Å². The van der Waals surface area contributed by atoms with E-state index in [0.29, 0.717) is 12.5 Å². The second-order valence-corrected chi connectivity index (χ2v) is 4.23. The minimum atomic E-state index is -0.0522. The summed E-state index contributed by atoms with van der Waals surface area (Å²) in [7, 11) is 1.62. The van der Waals surface area contributed by atoms with Crippen LogP contribution in [0.4, 0.5) is 5.69 Å². The third-order valence-corrected chi connectivity index (χ3v) is 2.18. The number of para-hydroxylation sites is 2. The fourth-order valence-electron chi connectivity index (χ4n) is 1.26. The fraction of sp³-hybridized carbons (Fsp3) is 0.462. The van der Waals surface area contributed by atoms with Crippen molar-refractivity contribution in [2.75, 3.05) is 25.5 Å². The molecule has 1 aromatic rings. The van der Waals surface area contributed by atoms with Crippen molar-refractivity contribution in [2.45, 2.75) is 13.8 Å². The summed E-state index contributed by atoms with van der Waals surface area (Å²) in [6.45, 7) is 5.11. The van der Waals surface area contributed by atoms with Gasteiger partial charge in [0.2, 0.25) is 5.91 Å². The number of hydrogen-bond donors (Lipinski definition) is 2. The number of amides is 1. The highest BCUT2D eigenvalue weighted by Gasteiger charge is 2.05. The first-order chi connectivity index (χ1) is 8.13. The zero-order chi connectivity index (χ0) is 12.7. The Morgan fingerprint density at radius 3 is 2.71 bits per heavy atom. The van der Waals surface area contributed by atoms with Crippen molar-refractivity contribution in [3.63, 3.8) is 0 Å². The van der Waals surface area contributed by atoms with Gasteiger partial charge in [-0.05, 0) is 18.1 Å². The standard InChI is InChI=1S/C13H20N2O2/c1-10(2)9-17-12-7-5-4-6-11(12)15-8-13(16)14-3/h4-7,10,15H,8-9H2,1-3H3,(H,14,16). The average molecular weight is 236 g/mol. The highest BCUT2D eigenvalue weighted by molar-refractivity contribution is 5.80. The molecule has 0 aliphatic rings. The van der Waals surface area contributed by atoms with Gasteiger partial charge in [0.25, 0.3) is 0 Å². The second-order valence-electron chi connectivity index (χ2n) is 4.23. The van der Waals surface area contributed by atoms with Crippen LogP contribution in [-0.4, -0.2) is 26.1 Å². The van der Waals surface area contributed by atoms with Crippen LogP contribution in [0, 0.1) is 5.92 Å². The molecule has 17 heavy (non-hydrogen) atoms. The number of benzene rings is 1. The summed E-state index contributed by atoms with van der Waals surface area (Å²) in [4.78, 5) is 11.1. The van der Waals surface area contributed by atoms with E-state index in [1.54, 1.807) is 7.05 Å². The van der Waals surface area contributed by atoms with Gasteiger partial charge in [0, 0.05) is 7.05 Å². The van der Waals surface area contributed by atoms with Gasteiger partial charge in [-0.3, -0.25) is 4.79 Å². The van der Waals surface area contributed by atoms with Crippen molar-refractivity contribution in [3.05, 3.63) is 24.3 Å². The molecule has 0 radical (unpaired) electrons.